The number of carbonyl (C=O) groups is 5. The lowest BCUT2D eigenvalue weighted by Crippen LogP contribution is -2.57. The molecule has 3 atom stereocenters. The van der Waals surface area contributed by atoms with Gasteiger partial charge in [0.15, 0.2) is 17.3 Å². The van der Waals surface area contributed by atoms with E-state index in [-0.39, 0.29) is 51.3 Å². The summed E-state index contributed by atoms with van der Waals surface area (Å²) >= 11 is 0. The van der Waals surface area contributed by atoms with E-state index in [4.69, 9.17) is 4.74 Å². The Balaban J connectivity index is 1.27. The molecule has 3 aromatic carbocycles. The molecule has 0 unspecified atom stereocenters. The maximum atomic E-state index is 14.3. The molecule has 3 N–H and O–H groups in total. The summed E-state index contributed by atoms with van der Waals surface area (Å²) in [5.74, 6) is -3.62. The fourth-order valence-corrected chi connectivity index (χ4v) is 7.65. The molecule has 4 aliphatic rings. The monoisotopic (exact) mass is 620 g/mol. The topological polar surface area (TPSA) is 150 Å². The van der Waals surface area contributed by atoms with Crippen molar-refractivity contribution in [1.82, 2.24) is 10.2 Å². The number of hydrogen-bond acceptors (Lipinski definition) is 9. The predicted molar refractivity (Wildman–Crippen MR) is 167 cm³/mol. The number of aromatic hydroxyl groups is 2. The van der Waals surface area contributed by atoms with Gasteiger partial charge >= 0.3 is 0 Å². The van der Waals surface area contributed by atoms with Gasteiger partial charge in [-0.2, -0.15) is 0 Å². The molecule has 10 heteroatoms. The zero-order valence-corrected chi connectivity index (χ0v) is 25.8. The van der Waals surface area contributed by atoms with Gasteiger partial charge in [-0.3, -0.25) is 28.9 Å². The Kier molecular flexibility index (Phi) is 6.49. The zero-order chi connectivity index (χ0) is 32.8. The Morgan fingerprint density at radius 1 is 0.957 bits per heavy atom. The number of allylic oxidation sites excluding steroid dienone is 4. The molecule has 1 saturated carbocycles. The van der Waals surface area contributed by atoms with Crippen molar-refractivity contribution in [3.05, 3.63) is 87.3 Å². The van der Waals surface area contributed by atoms with Gasteiger partial charge in [0.1, 0.15) is 34.0 Å². The quantitative estimate of drug-likeness (QED) is 0.160. The van der Waals surface area contributed by atoms with Crippen LogP contribution in [0.1, 0.15) is 88.7 Å². The van der Waals surface area contributed by atoms with Crippen LogP contribution in [0.4, 0.5) is 0 Å². The summed E-state index contributed by atoms with van der Waals surface area (Å²) in [6, 6.07) is 9.82. The van der Waals surface area contributed by atoms with Gasteiger partial charge in [-0.1, -0.05) is 37.1 Å². The van der Waals surface area contributed by atoms with E-state index in [1.54, 1.807) is 31.2 Å². The van der Waals surface area contributed by atoms with Crippen molar-refractivity contribution in [2.45, 2.75) is 70.9 Å². The zero-order valence-electron chi connectivity index (χ0n) is 25.8. The number of fused-ring (bicyclic) bond motifs is 3. The molecule has 7 rings (SSSR count). The number of phenols is 2. The standard InChI is InChI=1S/C36H32N2O8/c1-16-30(41)27(18(3)39)32-29(31(16)42)36(4)25(46-32)15-24(40)26(33(36)43)17(2)37-22-13-5-6-14-23(22)38-34(44)20-11-7-9-19-10-8-12-21(28(19)20)35(38)45/h7-12,15,22-23,37,41-42H,5-6,13-14H2,1-4H3/b26-17-/t22-,23-,36+/m1/s1. The smallest absolute Gasteiger partial charge is 0.261 e. The van der Waals surface area contributed by atoms with Gasteiger partial charge in [0.25, 0.3) is 11.8 Å². The van der Waals surface area contributed by atoms with Crippen molar-refractivity contribution in [3.8, 4) is 17.2 Å². The van der Waals surface area contributed by atoms with E-state index < -0.39 is 46.3 Å². The largest absolute Gasteiger partial charge is 0.507 e. The summed E-state index contributed by atoms with van der Waals surface area (Å²) in [5.41, 5.74) is -0.788. The number of amides is 2. The van der Waals surface area contributed by atoms with Gasteiger partial charge < -0.3 is 20.3 Å². The van der Waals surface area contributed by atoms with E-state index in [0.29, 0.717) is 29.4 Å². The van der Waals surface area contributed by atoms with E-state index in [2.05, 4.69) is 5.32 Å². The number of ether oxygens (including phenoxy) is 1. The van der Waals surface area contributed by atoms with Crippen LogP contribution in [-0.4, -0.2) is 56.4 Å². The molecule has 2 amide bonds. The Morgan fingerprint density at radius 3 is 2.22 bits per heavy atom. The van der Waals surface area contributed by atoms with Crippen molar-refractivity contribution in [2.24, 2.45) is 0 Å². The summed E-state index contributed by atoms with van der Waals surface area (Å²) in [4.78, 5) is 69.4. The van der Waals surface area contributed by atoms with Crippen LogP contribution in [0.25, 0.3) is 10.8 Å². The number of ketones is 3. The Labute approximate surface area is 264 Å². The third-order valence-electron chi connectivity index (χ3n) is 10.0. The average Bonchev–Trinajstić information content (AvgIpc) is 3.32. The third kappa shape index (κ3) is 3.85. The van der Waals surface area contributed by atoms with Gasteiger partial charge in [0.05, 0.1) is 17.2 Å². The van der Waals surface area contributed by atoms with Crippen LogP contribution >= 0.6 is 0 Å². The number of nitrogens with zero attached hydrogens (tertiary/aromatic N) is 1. The van der Waals surface area contributed by atoms with Gasteiger partial charge in [-0.25, -0.2) is 0 Å². The lowest BCUT2D eigenvalue weighted by atomic mass is 9.70. The molecular formula is C36H32N2O8. The second-order valence-corrected chi connectivity index (χ2v) is 12.7. The van der Waals surface area contributed by atoms with Gasteiger partial charge in [0, 0.05) is 39.9 Å². The molecule has 2 aliphatic heterocycles. The maximum absolute atomic E-state index is 14.3. The first-order valence-electron chi connectivity index (χ1n) is 15.3. The summed E-state index contributed by atoms with van der Waals surface area (Å²) in [5, 5.41) is 26.5. The predicted octanol–water partition coefficient (Wildman–Crippen LogP) is 4.92. The molecule has 0 radical (unpaired) electrons. The van der Waals surface area contributed by atoms with E-state index in [0.717, 1.165) is 18.2 Å². The summed E-state index contributed by atoms with van der Waals surface area (Å²) < 4.78 is 5.87. The van der Waals surface area contributed by atoms with Crippen LogP contribution in [-0.2, 0) is 15.0 Å². The van der Waals surface area contributed by atoms with E-state index >= 15 is 0 Å². The van der Waals surface area contributed by atoms with Crippen molar-refractivity contribution in [1.29, 1.82) is 0 Å². The fourth-order valence-electron chi connectivity index (χ4n) is 7.65. The molecule has 0 saturated heterocycles. The highest BCUT2D eigenvalue weighted by Crippen LogP contribution is 2.57. The van der Waals surface area contributed by atoms with Gasteiger partial charge in [0.2, 0.25) is 0 Å². The van der Waals surface area contributed by atoms with Crippen molar-refractivity contribution >= 4 is 39.9 Å². The number of Topliss-reactive ketones (excluding diaryl/α,β-unsaturated/α-hetero) is 2. The van der Waals surface area contributed by atoms with Gasteiger partial charge in [-0.15, -0.1) is 0 Å². The number of benzene rings is 3. The molecule has 0 bridgehead atoms. The maximum Gasteiger partial charge on any atom is 0.261 e. The molecule has 10 nitrogen and oxygen atoms in total. The molecule has 46 heavy (non-hydrogen) atoms. The molecule has 0 spiro atoms. The van der Waals surface area contributed by atoms with Crippen LogP contribution in [0.15, 0.2) is 59.5 Å². The fraction of sp³-hybridized carbons (Fsp3) is 0.306. The molecule has 2 aliphatic carbocycles. The highest BCUT2D eigenvalue weighted by molar-refractivity contribution is 6.31. The Bertz CT molecular complexity index is 1990. The van der Waals surface area contributed by atoms with Crippen molar-refractivity contribution < 1.29 is 38.9 Å². The summed E-state index contributed by atoms with van der Waals surface area (Å²) in [6.45, 7) is 5.78. The van der Waals surface area contributed by atoms with Crippen LogP contribution < -0.4 is 10.1 Å². The SMILES string of the molecule is CC(=O)c1c(O)c(C)c(O)c2c1OC1=CC(=O)/C(=C(\C)N[C@@H]3CCCC[C@H]3N3C(=O)c4cccc5cccc(c45)C3=O)C(=O)[C@@]12C. The van der Waals surface area contributed by atoms with Crippen LogP contribution in [0.3, 0.4) is 0 Å². The first-order valence-corrected chi connectivity index (χ1v) is 15.3. The highest BCUT2D eigenvalue weighted by atomic mass is 16.5. The molecular weight excluding hydrogens is 588 g/mol. The number of carbonyl (C=O) groups excluding carboxylic acids is 5. The summed E-state index contributed by atoms with van der Waals surface area (Å²) in [7, 11) is 0. The first kappa shape index (κ1) is 29.5. The molecule has 234 valence electrons. The Hall–Kier alpha value is -5.25. The van der Waals surface area contributed by atoms with E-state index in [9.17, 15) is 34.2 Å². The summed E-state index contributed by atoms with van der Waals surface area (Å²) in [6.07, 6.45) is 3.92. The van der Waals surface area contributed by atoms with Gasteiger partial charge in [-0.05, 0) is 58.1 Å². The van der Waals surface area contributed by atoms with E-state index in [1.807, 2.05) is 12.1 Å². The second kappa shape index (κ2) is 10.1. The minimum absolute atomic E-state index is 0.00921. The van der Waals surface area contributed by atoms with Crippen LogP contribution in [0.2, 0.25) is 0 Å². The molecule has 3 aromatic rings. The minimum Gasteiger partial charge on any atom is -0.507 e. The van der Waals surface area contributed by atoms with Crippen molar-refractivity contribution in [3.63, 3.8) is 0 Å². The molecule has 0 aromatic heterocycles. The first-order chi connectivity index (χ1) is 21.9. The molecule has 1 fully saturated rings. The van der Waals surface area contributed by atoms with E-state index in [1.165, 1.54) is 31.7 Å². The lowest BCUT2D eigenvalue weighted by molar-refractivity contribution is -0.123. The van der Waals surface area contributed by atoms with Crippen LogP contribution in [0, 0.1) is 6.92 Å². The molecule has 2 heterocycles. The number of phenolic OH excluding ortho intramolecular Hbond substituents is 2. The number of nitrogens with one attached hydrogen (secondary N) is 1. The lowest BCUT2D eigenvalue weighted by Gasteiger charge is -2.41. The van der Waals surface area contributed by atoms with Crippen LogP contribution in [0.5, 0.6) is 17.2 Å². The average molecular weight is 621 g/mol. The number of imide groups is 1. The number of rotatable bonds is 4. The second-order valence-electron chi connectivity index (χ2n) is 12.7. The normalized spacial score (nSPS) is 24.8. The van der Waals surface area contributed by atoms with Crippen molar-refractivity contribution in [2.75, 3.05) is 0 Å². The minimum atomic E-state index is -1.65. The third-order valence-corrected chi connectivity index (χ3v) is 10.0. The number of hydrogen-bond donors (Lipinski definition) is 3. The Morgan fingerprint density at radius 2 is 1.59 bits per heavy atom. The highest BCUT2D eigenvalue weighted by Gasteiger charge is 2.56.